The molecule has 0 saturated carbocycles. The molecule has 0 unspecified atom stereocenters. The lowest BCUT2D eigenvalue weighted by molar-refractivity contribution is -0.422. The zero-order valence-electron chi connectivity index (χ0n) is 11.5. The van der Waals surface area contributed by atoms with Gasteiger partial charge in [0.2, 0.25) is 5.70 Å². The van der Waals surface area contributed by atoms with Crippen LogP contribution in [0, 0.1) is 15.9 Å². The molecule has 0 fully saturated rings. The first kappa shape index (κ1) is 14.7. The van der Waals surface area contributed by atoms with Gasteiger partial charge in [-0.2, -0.15) is 0 Å². The van der Waals surface area contributed by atoms with Crippen LogP contribution in [0.3, 0.4) is 0 Å². The molecule has 0 amide bonds. The summed E-state index contributed by atoms with van der Waals surface area (Å²) >= 11 is 0. The van der Waals surface area contributed by atoms with Crippen molar-refractivity contribution in [3.63, 3.8) is 0 Å². The molecular formula is C16H14FNO3. The minimum absolute atomic E-state index is 0.0179. The molecule has 0 radical (unpaired) electrons. The predicted molar refractivity (Wildman–Crippen MR) is 77.8 cm³/mol. The first-order chi connectivity index (χ1) is 10.1. The number of rotatable bonds is 5. The summed E-state index contributed by atoms with van der Waals surface area (Å²) in [6.45, 7) is 1.62. The molecule has 0 aliphatic heterocycles. The third kappa shape index (κ3) is 4.14. The number of hydrogen-bond donors (Lipinski definition) is 0. The fraction of sp³-hybridized carbons (Fsp3) is 0.125. The highest BCUT2D eigenvalue weighted by Gasteiger charge is 2.07. The van der Waals surface area contributed by atoms with E-state index in [0.29, 0.717) is 5.56 Å². The molecule has 0 N–H and O–H groups in total. The molecule has 2 aromatic rings. The normalized spacial score (nSPS) is 11.2. The van der Waals surface area contributed by atoms with Crippen LogP contribution in [0.4, 0.5) is 4.39 Å². The fourth-order valence-electron chi connectivity index (χ4n) is 1.75. The summed E-state index contributed by atoms with van der Waals surface area (Å²) in [5.41, 5.74) is 1.42. The second-order valence-corrected chi connectivity index (χ2v) is 4.51. The second kappa shape index (κ2) is 6.65. The Morgan fingerprint density at radius 2 is 2.00 bits per heavy atom. The quantitative estimate of drug-likeness (QED) is 0.616. The van der Waals surface area contributed by atoms with Crippen molar-refractivity contribution < 1.29 is 14.1 Å². The van der Waals surface area contributed by atoms with Crippen LogP contribution in [0.2, 0.25) is 0 Å². The van der Waals surface area contributed by atoms with Crippen LogP contribution in [0.25, 0.3) is 6.08 Å². The molecule has 0 aliphatic carbocycles. The van der Waals surface area contributed by atoms with E-state index < -0.39 is 10.7 Å². The van der Waals surface area contributed by atoms with E-state index >= 15 is 0 Å². The number of hydrogen-bond acceptors (Lipinski definition) is 3. The Labute approximate surface area is 121 Å². The Bertz CT molecular complexity index is 668. The average Bonchev–Trinajstić information content (AvgIpc) is 2.48. The standard InChI is InChI=1S/C16H14FNO3/c1-12(18(19)20)9-14-7-8-15(17)16(10-14)21-11-13-5-3-2-4-6-13/h2-10H,11H2,1H3/b12-9-. The lowest BCUT2D eigenvalue weighted by atomic mass is 10.2. The van der Waals surface area contributed by atoms with Gasteiger partial charge in [-0.05, 0) is 23.3 Å². The van der Waals surface area contributed by atoms with E-state index in [1.54, 1.807) is 0 Å². The summed E-state index contributed by atoms with van der Waals surface area (Å²) in [5.74, 6) is -0.425. The van der Waals surface area contributed by atoms with Gasteiger partial charge in [-0.25, -0.2) is 4.39 Å². The van der Waals surface area contributed by atoms with Crippen LogP contribution in [0.1, 0.15) is 18.1 Å². The van der Waals surface area contributed by atoms with Gasteiger partial charge in [0.05, 0.1) is 4.92 Å². The first-order valence-corrected chi connectivity index (χ1v) is 6.35. The molecule has 0 bridgehead atoms. The van der Waals surface area contributed by atoms with E-state index in [-0.39, 0.29) is 18.1 Å². The molecule has 0 saturated heterocycles. The monoisotopic (exact) mass is 287 g/mol. The third-order valence-electron chi connectivity index (χ3n) is 2.86. The van der Waals surface area contributed by atoms with Crippen LogP contribution in [0.5, 0.6) is 5.75 Å². The number of halogens is 1. The summed E-state index contributed by atoms with van der Waals surface area (Å²) in [6.07, 6.45) is 1.37. The van der Waals surface area contributed by atoms with Crippen molar-refractivity contribution in [2.75, 3.05) is 0 Å². The van der Waals surface area contributed by atoms with Gasteiger partial charge >= 0.3 is 0 Å². The molecular weight excluding hydrogens is 273 g/mol. The highest BCUT2D eigenvalue weighted by Crippen LogP contribution is 2.21. The van der Waals surface area contributed by atoms with Crippen molar-refractivity contribution in [3.8, 4) is 5.75 Å². The van der Waals surface area contributed by atoms with Crippen LogP contribution < -0.4 is 4.74 Å². The zero-order chi connectivity index (χ0) is 15.2. The van der Waals surface area contributed by atoms with Gasteiger partial charge in [-0.1, -0.05) is 36.4 Å². The third-order valence-corrected chi connectivity index (χ3v) is 2.86. The van der Waals surface area contributed by atoms with Gasteiger partial charge in [0.15, 0.2) is 11.6 Å². The van der Waals surface area contributed by atoms with Crippen LogP contribution in [-0.2, 0) is 6.61 Å². The van der Waals surface area contributed by atoms with Crippen molar-refractivity contribution in [1.29, 1.82) is 0 Å². The molecule has 2 aromatic carbocycles. The number of allylic oxidation sites excluding steroid dienone is 1. The summed E-state index contributed by atoms with van der Waals surface area (Å²) in [6, 6.07) is 13.5. The van der Waals surface area contributed by atoms with Crippen molar-refractivity contribution in [2.24, 2.45) is 0 Å². The molecule has 108 valence electrons. The van der Waals surface area contributed by atoms with Crippen molar-refractivity contribution in [1.82, 2.24) is 0 Å². The van der Waals surface area contributed by atoms with Gasteiger partial charge in [-0.15, -0.1) is 0 Å². The van der Waals surface area contributed by atoms with E-state index in [4.69, 9.17) is 4.74 Å². The average molecular weight is 287 g/mol. The molecule has 2 rings (SSSR count). The maximum absolute atomic E-state index is 13.7. The van der Waals surface area contributed by atoms with E-state index in [1.807, 2.05) is 30.3 Å². The number of nitro groups is 1. The zero-order valence-corrected chi connectivity index (χ0v) is 11.5. The number of benzene rings is 2. The first-order valence-electron chi connectivity index (χ1n) is 6.35. The maximum Gasteiger partial charge on any atom is 0.243 e. The van der Waals surface area contributed by atoms with Gasteiger partial charge in [-0.3, -0.25) is 10.1 Å². The highest BCUT2D eigenvalue weighted by atomic mass is 19.1. The lowest BCUT2D eigenvalue weighted by Gasteiger charge is -2.08. The molecule has 5 heteroatoms. The predicted octanol–water partition coefficient (Wildman–Crippen LogP) is 4.04. The molecule has 0 aliphatic rings. The van der Waals surface area contributed by atoms with Crippen LogP contribution in [-0.4, -0.2) is 4.92 Å². The molecule has 21 heavy (non-hydrogen) atoms. The molecule has 0 aromatic heterocycles. The van der Waals surface area contributed by atoms with Gasteiger partial charge < -0.3 is 4.74 Å². The smallest absolute Gasteiger partial charge is 0.243 e. The Kier molecular flexibility index (Phi) is 4.66. The van der Waals surface area contributed by atoms with Crippen molar-refractivity contribution >= 4 is 6.08 Å². The van der Waals surface area contributed by atoms with Gasteiger partial charge in [0, 0.05) is 13.0 Å². The second-order valence-electron chi connectivity index (χ2n) is 4.51. The summed E-state index contributed by atoms with van der Waals surface area (Å²) in [5, 5.41) is 10.6. The van der Waals surface area contributed by atoms with E-state index in [1.165, 1.54) is 31.2 Å². The summed E-state index contributed by atoms with van der Waals surface area (Å²) in [7, 11) is 0. The van der Waals surface area contributed by atoms with Crippen molar-refractivity contribution in [3.05, 3.63) is 81.3 Å². The van der Waals surface area contributed by atoms with Crippen molar-refractivity contribution in [2.45, 2.75) is 13.5 Å². The summed E-state index contributed by atoms with van der Waals surface area (Å²) in [4.78, 5) is 10.1. The van der Waals surface area contributed by atoms with Gasteiger partial charge in [0.1, 0.15) is 6.61 Å². The molecule has 0 heterocycles. The Morgan fingerprint density at radius 1 is 1.29 bits per heavy atom. The number of ether oxygens (including phenoxy) is 1. The SMILES string of the molecule is C/C(=C/c1ccc(F)c(OCc2ccccc2)c1)[N+](=O)[O-]. The molecule has 4 nitrogen and oxygen atoms in total. The Balaban J connectivity index is 2.16. The van der Waals surface area contributed by atoms with Gasteiger partial charge in [0.25, 0.3) is 0 Å². The molecule has 0 atom stereocenters. The Morgan fingerprint density at radius 3 is 2.67 bits per heavy atom. The van der Waals surface area contributed by atoms with Crippen LogP contribution in [0.15, 0.2) is 54.2 Å². The number of nitrogens with zero attached hydrogens (tertiary/aromatic N) is 1. The van der Waals surface area contributed by atoms with E-state index in [2.05, 4.69) is 0 Å². The lowest BCUT2D eigenvalue weighted by Crippen LogP contribution is -1.98. The minimum Gasteiger partial charge on any atom is -0.486 e. The van der Waals surface area contributed by atoms with E-state index in [0.717, 1.165) is 5.56 Å². The van der Waals surface area contributed by atoms with Crippen LogP contribution >= 0.6 is 0 Å². The largest absolute Gasteiger partial charge is 0.486 e. The molecule has 0 spiro atoms. The highest BCUT2D eigenvalue weighted by molar-refractivity contribution is 5.53. The maximum atomic E-state index is 13.7. The fourth-order valence-corrected chi connectivity index (χ4v) is 1.75. The van der Waals surface area contributed by atoms with E-state index in [9.17, 15) is 14.5 Å². The minimum atomic E-state index is -0.498. The summed E-state index contributed by atoms with van der Waals surface area (Å²) < 4.78 is 19.1. The Hall–Kier alpha value is -2.69. The topological polar surface area (TPSA) is 52.4 Å².